The molecule has 2 N–H and O–H groups in total. The highest BCUT2D eigenvalue weighted by Gasteiger charge is 2.26. The Kier molecular flexibility index (Phi) is 4.11. The lowest BCUT2D eigenvalue weighted by Crippen LogP contribution is -2.19. The molecule has 6 heteroatoms. The number of hydrogen-bond acceptors (Lipinski definition) is 4. The molecule has 0 unspecified atom stereocenters. The van der Waals surface area contributed by atoms with E-state index in [9.17, 15) is 10.1 Å². The third-order valence-electron chi connectivity index (χ3n) is 3.28. The van der Waals surface area contributed by atoms with Crippen LogP contribution >= 0.6 is 11.3 Å². The van der Waals surface area contributed by atoms with Crippen molar-refractivity contribution in [1.29, 1.82) is 0 Å². The Bertz CT molecular complexity index is 760. The van der Waals surface area contributed by atoms with E-state index >= 15 is 0 Å². The standard InChI is InChI=1S/C16H13N3O2S/c20-19(21)13-8-4-10-17-16(13)18-15(14-9-5-11-22-14)12-6-2-1-3-7-12/h1-11,15H,(H,17,18)/p+1/t15-/m0/s1. The summed E-state index contributed by atoms with van der Waals surface area (Å²) >= 11 is 1.61. The maximum atomic E-state index is 11.2. The van der Waals surface area contributed by atoms with E-state index in [4.69, 9.17) is 0 Å². The third kappa shape index (κ3) is 2.96. The fourth-order valence-corrected chi connectivity index (χ4v) is 3.06. The Morgan fingerprint density at radius 1 is 1.09 bits per heavy atom. The van der Waals surface area contributed by atoms with Gasteiger partial charge in [0.15, 0.2) is 6.04 Å². The molecule has 5 nitrogen and oxygen atoms in total. The number of nitro groups is 1. The van der Waals surface area contributed by atoms with Gasteiger partial charge in [0, 0.05) is 11.6 Å². The minimum Gasteiger partial charge on any atom is -0.258 e. The lowest BCUT2D eigenvalue weighted by atomic mass is 10.1. The smallest absolute Gasteiger partial charge is 0.258 e. The molecule has 0 amide bonds. The van der Waals surface area contributed by atoms with Crippen LogP contribution in [-0.4, -0.2) is 4.92 Å². The van der Waals surface area contributed by atoms with Crippen molar-refractivity contribution < 1.29 is 9.91 Å². The van der Waals surface area contributed by atoms with Crippen molar-refractivity contribution in [2.45, 2.75) is 6.04 Å². The molecule has 2 aromatic heterocycles. The summed E-state index contributed by atoms with van der Waals surface area (Å²) in [5.41, 5.74) is 1.08. The number of H-pyrrole nitrogens is 1. The topological polar surface area (TPSA) is 69.3 Å². The van der Waals surface area contributed by atoms with E-state index in [1.54, 1.807) is 23.6 Å². The molecular formula is C16H14N3O2S+. The molecule has 0 saturated carbocycles. The van der Waals surface area contributed by atoms with E-state index in [-0.39, 0.29) is 11.7 Å². The lowest BCUT2D eigenvalue weighted by Gasteiger charge is -2.13. The maximum Gasteiger partial charge on any atom is 0.357 e. The van der Waals surface area contributed by atoms with Gasteiger partial charge in [-0.3, -0.25) is 15.4 Å². The summed E-state index contributed by atoms with van der Waals surface area (Å²) in [6, 6.07) is 16.8. The van der Waals surface area contributed by atoms with E-state index in [0.717, 1.165) is 10.4 Å². The summed E-state index contributed by atoms with van der Waals surface area (Å²) in [6.45, 7) is 0. The lowest BCUT2D eigenvalue weighted by molar-refractivity contribution is -0.409. The number of pyridine rings is 1. The van der Waals surface area contributed by atoms with Crippen LogP contribution in [0.25, 0.3) is 0 Å². The van der Waals surface area contributed by atoms with Gasteiger partial charge in [-0.25, -0.2) is 4.98 Å². The molecule has 3 aromatic rings. The highest BCUT2D eigenvalue weighted by molar-refractivity contribution is 7.10. The summed E-state index contributed by atoms with van der Waals surface area (Å²) in [7, 11) is 0. The Hall–Kier alpha value is -2.73. The van der Waals surface area contributed by atoms with Crippen molar-refractivity contribution in [3.05, 3.63) is 86.7 Å². The molecule has 110 valence electrons. The normalized spacial score (nSPS) is 11.8. The van der Waals surface area contributed by atoms with Crippen molar-refractivity contribution in [2.75, 3.05) is 5.32 Å². The number of rotatable bonds is 5. The van der Waals surface area contributed by atoms with Crippen LogP contribution in [0.4, 0.5) is 11.5 Å². The number of thiophene rings is 1. The first-order chi connectivity index (χ1) is 10.8. The predicted octanol–water partition coefficient (Wildman–Crippen LogP) is 3.67. The summed E-state index contributed by atoms with van der Waals surface area (Å²) in [5, 5.41) is 16.4. The highest BCUT2D eigenvalue weighted by Crippen LogP contribution is 2.31. The molecule has 0 saturated heterocycles. The van der Waals surface area contributed by atoms with Gasteiger partial charge in [-0.2, -0.15) is 0 Å². The minimum atomic E-state index is -0.394. The quantitative estimate of drug-likeness (QED) is 0.577. The second-order valence-corrected chi connectivity index (χ2v) is 5.67. The zero-order valence-corrected chi connectivity index (χ0v) is 12.4. The summed E-state index contributed by atoms with van der Waals surface area (Å²) in [5.74, 6) is 0.398. The number of hydrogen-bond donors (Lipinski definition) is 1. The summed E-state index contributed by atoms with van der Waals surface area (Å²) in [4.78, 5) is 14.8. The van der Waals surface area contributed by atoms with Gasteiger partial charge >= 0.3 is 11.5 Å². The van der Waals surface area contributed by atoms with Crippen LogP contribution in [0.1, 0.15) is 16.5 Å². The van der Waals surface area contributed by atoms with Crippen LogP contribution < -0.4 is 10.3 Å². The monoisotopic (exact) mass is 312 g/mol. The van der Waals surface area contributed by atoms with Gasteiger partial charge in [-0.05, 0) is 17.5 Å². The Morgan fingerprint density at radius 2 is 1.91 bits per heavy atom. The number of aromatic amines is 1. The average Bonchev–Trinajstić information content (AvgIpc) is 3.08. The molecule has 1 atom stereocenters. The molecule has 3 rings (SSSR count). The van der Waals surface area contributed by atoms with Crippen molar-refractivity contribution in [2.24, 2.45) is 0 Å². The van der Waals surface area contributed by atoms with E-state index in [1.165, 1.54) is 6.07 Å². The Balaban J connectivity index is 2.00. The molecule has 1 aromatic carbocycles. The highest BCUT2D eigenvalue weighted by atomic mass is 32.1. The van der Waals surface area contributed by atoms with Crippen LogP contribution in [0.3, 0.4) is 0 Å². The van der Waals surface area contributed by atoms with Crippen molar-refractivity contribution in [3.63, 3.8) is 0 Å². The van der Waals surface area contributed by atoms with E-state index in [0.29, 0.717) is 5.82 Å². The van der Waals surface area contributed by atoms with Gasteiger partial charge in [-0.1, -0.05) is 36.4 Å². The van der Waals surface area contributed by atoms with Crippen molar-refractivity contribution in [1.82, 2.24) is 0 Å². The molecule has 0 spiro atoms. The first-order valence-corrected chi connectivity index (χ1v) is 7.63. The molecule has 2 heterocycles. The van der Waals surface area contributed by atoms with E-state index < -0.39 is 4.92 Å². The minimum absolute atomic E-state index is 0.0278. The van der Waals surface area contributed by atoms with Gasteiger partial charge < -0.3 is 0 Å². The third-order valence-corrected chi connectivity index (χ3v) is 4.22. The number of benzene rings is 1. The molecule has 0 radical (unpaired) electrons. The van der Waals surface area contributed by atoms with Gasteiger partial charge in [-0.15, -0.1) is 11.3 Å². The van der Waals surface area contributed by atoms with Crippen molar-refractivity contribution >= 4 is 22.8 Å². The SMILES string of the molecule is O=[N+]([O-])c1ccc[nH+]c1N[C@@H](c1ccccc1)c1cccs1. The summed E-state index contributed by atoms with van der Waals surface area (Å²) < 4.78 is 0. The molecular weight excluding hydrogens is 298 g/mol. The zero-order valence-electron chi connectivity index (χ0n) is 11.6. The fourth-order valence-electron chi connectivity index (χ4n) is 2.26. The Labute approximate surface area is 131 Å². The molecule has 0 aliphatic rings. The van der Waals surface area contributed by atoms with Gasteiger partial charge in [0.1, 0.15) is 0 Å². The van der Waals surface area contributed by atoms with Crippen LogP contribution in [0, 0.1) is 10.1 Å². The predicted molar refractivity (Wildman–Crippen MR) is 85.9 cm³/mol. The molecule has 0 aliphatic heterocycles. The number of aromatic nitrogens is 1. The van der Waals surface area contributed by atoms with Gasteiger partial charge in [0.2, 0.25) is 0 Å². The number of anilines is 1. The van der Waals surface area contributed by atoms with Crippen LogP contribution in [0.2, 0.25) is 0 Å². The molecule has 0 bridgehead atoms. The van der Waals surface area contributed by atoms with Crippen molar-refractivity contribution in [3.8, 4) is 0 Å². The largest absolute Gasteiger partial charge is 0.357 e. The van der Waals surface area contributed by atoms with Crippen LogP contribution in [-0.2, 0) is 0 Å². The molecule has 0 fully saturated rings. The second kappa shape index (κ2) is 6.36. The van der Waals surface area contributed by atoms with Gasteiger partial charge in [0.05, 0.1) is 16.0 Å². The van der Waals surface area contributed by atoms with E-state index in [2.05, 4.69) is 10.3 Å². The second-order valence-electron chi connectivity index (χ2n) is 4.69. The number of nitrogens with zero attached hydrogens (tertiary/aromatic N) is 1. The fraction of sp³-hybridized carbons (Fsp3) is 0.0625. The molecule has 22 heavy (non-hydrogen) atoms. The van der Waals surface area contributed by atoms with Crippen LogP contribution in [0.5, 0.6) is 0 Å². The number of nitrogens with one attached hydrogen (secondary N) is 2. The average molecular weight is 312 g/mol. The summed E-state index contributed by atoms with van der Waals surface area (Å²) in [6.07, 6.45) is 1.67. The van der Waals surface area contributed by atoms with E-state index in [1.807, 2.05) is 47.8 Å². The van der Waals surface area contributed by atoms with Gasteiger partial charge in [0.25, 0.3) is 0 Å². The Morgan fingerprint density at radius 3 is 2.59 bits per heavy atom. The maximum absolute atomic E-state index is 11.2. The molecule has 0 aliphatic carbocycles. The zero-order chi connectivity index (χ0) is 15.4. The first kappa shape index (κ1) is 14.2. The first-order valence-electron chi connectivity index (χ1n) is 6.75. The van der Waals surface area contributed by atoms with Crippen LogP contribution in [0.15, 0.2) is 66.2 Å².